The Balaban J connectivity index is 1.95. The molecule has 0 radical (unpaired) electrons. The molecule has 1 aromatic rings. The Bertz CT molecular complexity index is 467. The van der Waals surface area contributed by atoms with Gasteiger partial charge < -0.3 is 20.1 Å². The molecule has 0 aromatic heterocycles. The summed E-state index contributed by atoms with van der Waals surface area (Å²) in [5.74, 6) is -1.36. The number of likely N-dealkylation sites (N-methyl/N-ethyl adjacent to an activating group) is 1. The summed E-state index contributed by atoms with van der Waals surface area (Å²) in [6, 6.07) is 2.56. The molecule has 0 spiro atoms. The summed E-state index contributed by atoms with van der Waals surface area (Å²) in [5, 5.41) is 0. The lowest BCUT2D eigenvalue weighted by atomic mass is 10.2. The average Bonchev–Trinajstić information content (AvgIpc) is 3.18. The van der Waals surface area contributed by atoms with E-state index in [4.69, 9.17) is 10.5 Å². The molecular weight excluding hydrogens is 273 g/mol. The summed E-state index contributed by atoms with van der Waals surface area (Å²) in [6.45, 7) is -2.06. The number of rotatable bonds is 7. The maximum absolute atomic E-state index is 13.4. The number of halogens is 3. The first-order valence-corrected chi connectivity index (χ1v) is 6.34. The lowest BCUT2D eigenvalue weighted by Crippen LogP contribution is -2.26. The fourth-order valence-corrected chi connectivity index (χ4v) is 1.86. The Morgan fingerprint density at radius 1 is 1.35 bits per heavy atom. The van der Waals surface area contributed by atoms with E-state index in [1.165, 1.54) is 12.8 Å². The molecule has 1 aliphatic rings. The normalized spacial score (nSPS) is 14.9. The molecule has 0 atom stereocenters. The molecule has 7 heteroatoms. The predicted molar refractivity (Wildman–Crippen MR) is 68.6 cm³/mol. The minimum absolute atomic E-state index is 0.0539. The molecule has 0 aliphatic heterocycles. The second-order valence-corrected chi connectivity index (χ2v) is 4.76. The fraction of sp³-hybridized carbons (Fsp3) is 0.538. The molecule has 20 heavy (non-hydrogen) atoms. The molecule has 0 unspecified atom stereocenters. The molecule has 1 fully saturated rings. The largest absolute Gasteiger partial charge is 0.490 e. The van der Waals surface area contributed by atoms with E-state index in [0.717, 1.165) is 12.1 Å². The van der Waals surface area contributed by atoms with E-state index in [1.54, 1.807) is 0 Å². The lowest BCUT2D eigenvalue weighted by molar-refractivity contribution is -0.0522. The molecule has 1 saturated carbocycles. The Morgan fingerprint density at radius 2 is 2.05 bits per heavy atom. The molecule has 2 N–H and O–H groups in total. The van der Waals surface area contributed by atoms with Gasteiger partial charge >= 0.3 is 6.61 Å². The summed E-state index contributed by atoms with van der Waals surface area (Å²) in [6.07, 6.45) is 2.36. The zero-order chi connectivity index (χ0) is 14.7. The zero-order valence-corrected chi connectivity index (χ0v) is 11.1. The number of benzene rings is 1. The third kappa shape index (κ3) is 3.93. The van der Waals surface area contributed by atoms with E-state index in [-0.39, 0.29) is 11.4 Å². The number of hydrogen-bond donors (Lipinski definition) is 1. The van der Waals surface area contributed by atoms with E-state index in [1.807, 2.05) is 7.05 Å². The Labute approximate surface area is 115 Å². The van der Waals surface area contributed by atoms with E-state index < -0.39 is 18.2 Å². The molecule has 4 nitrogen and oxygen atoms in total. The van der Waals surface area contributed by atoms with Gasteiger partial charge in [-0.25, -0.2) is 4.39 Å². The molecule has 0 heterocycles. The quantitative estimate of drug-likeness (QED) is 0.784. The lowest BCUT2D eigenvalue weighted by Gasteiger charge is -2.17. The van der Waals surface area contributed by atoms with Crippen LogP contribution in [0.3, 0.4) is 0 Å². The van der Waals surface area contributed by atoms with Gasteiger partial charge in [-0.2, -0.15) is 8.78 Å². The second kappa shape index (κ2) is 6.21. The van der Waals surface area contributed by atoms with Crippen molar-refractivity contribution in [2.24, 2.45) is 0 Å². The van der Waals surface area contributed by atoms with E-state index >= 15 is 0 Å². The Morgan fingerprint density at radius 3 is 2.65 bits per heavy atom. The molecule has 1 aliphatic carbocycles. The van der Waals surface area contributed by atoms with Gasteiger partial charge in [0.05, 0.1) is 5.69 Å². The highest BCUT2D eigenvalue weighted by molar-refractivity contribution is 5.56. The monoisotopic (exact) mass is 290 g/mol. The van der Waals surface area contributed by atoms with Crippen molar-refractivity contribution in [3.63, 3.8) is 0 Å². The molecule has 0 bridgehead atoms. The molecule has 0 amide bonds. The van der Waals surface area contributed by atoms with Crippen LogP contribution >= 0.6 is 0 Å². The van der Waals surface area contributed by atoms with Gasteiger partial charge in [-0.15, -0.1) is 0 Å². The van der Waals surface area contributed by atoms with Crippen molar-refractivity contribution in [1.82, 2.24) is 4.90 Å². The van der Waals surface area contributed by atoms with Crippen LogP contribution in [0.1, 0.15) is 12.8 Å². The average molecular weight is 290 g/mol. The molecular formula is C13H17F3N2O2. The van der Waals surface area contributed by atoms with Crippen LogP contribution in [0, 0.1) is 5.82 Å². The third-order valence-corrected chi connectivity index (χ3v) is 3.15. The van der Waals surface area contributed by atoms with Crippen molar-refractivity contribution in [2.75, 3.05) is 25.9 Å². The van der Waals surface area contributed by atoms with E-state index in [2.05, 4.69) is 9.64 Å². The number of nitrogens with two attached hydrogens (primary N) is 1. The predicted octanol–water partition coefficient (Wildman–Crippen LogP) is 2.48. The van der Waals surface area contributed by atoms with Gasteiger partial charge in [0.25, 0.3) is 0 Å². The summed E-state index contributed by atoms with van der Waals surface area (Å²) < 4.78 is 47.1. The minimum Gasteiger partial charge on any atom is -0.490 e. The first-order valence-electron chi connectivity index (χ1n) is 6.34. The smallest absolute Gasteiger partial charge is 0.387 e. The maximum atomic E-state index is 13.4. The molecule has 2 rings (SSSR count). The zero-order valence-electron chi connectivity index (χ0n) is 11.1. The number of anilines is 1. The van der Waals surface area contributed by atoms with Crippen molar-refractivity contribution in [2.45, 2.75) is 25.5 Å². The first kappa shape index (κ1) is 14.8. The fourth-order valence-electron chi connectivity index (χ4n) is 1.86. The number of ether oxygens (including phenoxy) is 2. The van der Waals surface area contributed by atoms with Crippen molar-refractivity contribution in [3.8, 4) is 11.5 Å². The standard InChI is InChI=1S/C13H17F3N2O2/c1-18(8-2-3-8)4-5-19-12-7-11(20-13(15)16)9(14)6-10(12)17/h6-8,13H,2-5,17H2,1H3. The number of hydrogen-bond acceptors (Lipinski definition) is 4. The van der Waals surface area contributed by atoms with Crippen LogP contribution in [0.4, 0.5) is 18.9 Å². The van der Waals surface area contributed by atoms with Gasteiger partial charge in [0.15, 0.2) is 11.6 Å². The number of alkyl halides is 2. The third-order valence-electron chi connectivity index (χ3n) is 3.15. The van der Waals surface area contributed by atoms with Crippen molar-refractivity contribution >= 4 is 5.69 Å². The highest BCUT2D eigenvalue weighted by atomic mass is 19.3. The summed E-state index contributed by atoms with van der Waals surface area (Å²) in [5.41, 5.74) is 5.64. The number of nitrogen functional groups attached to an aromatic ring is 1. The van der Waals surface area contributed by atoms with Gasteiger partial charge in [0, 0.05) is 24.7 Å². The van der Waals surface area contributed by atoms with Crippen LogP contribution in [-0.2, 0) is 0 Å². The van der Waals surface area contributed by atoms with Gasteiger partial charge in [0.2, 0.25) is 0 Å². The van der Waals surface area contributed by atoms with Gasteiger partial charge in [-0.3, -0.25) is 0 Å². The first-order chi connectivity index (χ1) is 9.47. The van der Waals surface area contributed by atoms with Crippen LogP contribution in [0.5, 0.6) is 11.5 Å². The van der Waals surface area contributed by atoms with Gasteiger partial charge in [0.1, 0.15) is 12.4 Å². The van der Waals surface area contributed by atoms with E-state index in [9.17, 15) is 13.2 Å². The van der Waals surface area contributed by atoms with Crippen LogP contribution in [0.15, 0.2) is 12.1 Å². The van der Waals surface area contributed by atoms with Crippen LogP contribution in [0.25, 0.3) is 0 Å². The molecule has 112 valence electrons. The van der Waals surface area contributed by atoms with Gasteiger partial charge in [-0.05, 0) is 19.9 Å². The SMILES string of the molecule is CN(CCOc1cc(OC(F)F)c(F)cc1N)C1CC1. The van der Waals surface area contributed by atoms with Crippen LogP contribution < -0.4 is 15.2 Å². The van der Waals surface area contributed by atoms with Gasteiger partial charge in [-0.1, -0.05) is 0 Å². The Hall–Kier alpha value is -1.63. The van der Waals surface area contributed by atoms with Crippen molar-refractivity contribution in [3.05, 3.63) is 17.9 Å². The summed E-state index contributed by atoms with van der Waals surface area (Å²) in [4.78, 5) is 2.15. The Kier molecular flexibility index (Phi) is 4.59. The topological polar surface area (TPSA) is 47.7 Å². The molecule has 0 saturated heterocycles. The van der Waals surface area contributed by atoms with Crippen LogP contribution in [-0.4, -0.2) is 37.8 Å². The summed E-state index contributed by atoms with van der Waals surface area (Å²) >= 11 is 0. The van der Waals surface area contributed by atoms with Crippen molar-refractivity contribution in [1.29, 1.82) is 0 Å². The molecule has 1 aromatic carbocycles. The van der Waals surface area contributed by atoms with E-state index in [0.29, 0.717) is 19.2 Å². The maximum Gasteiger partial charge on any atom is 0.387 e. The van der Waals surface area contributed by atoms with Crippen LogP contribution in [0.2, 0.25) is 0 Å². The number of nitrogens with zero attached hydrogens (tertiary/aromatic N) is 1. The van der Waals surface area contributed by atoms with Crippen molar-refractivity contribution < 1.29 is 22.6 Å². The minimum atomic E-state index is -3.10. The summed E-state index contributed by atoms with van der Waals surface area (Å²) in [7, 11) is 1.99. The highest BCUT2D eigenvalue weighted by Crippen LogP contribution is 2.31. The second-order valence-electron chi connectivity index (χ2n) is 4.76. The highest BCUT2D eigenvalue weighted by Gasteiger charge is 2.25.